The van der Waals surface area contributed by atoms with Crippen LogP contribution in [0.4, 0.5) is 5.82 Å². The van der Waals surface area contributed by atoms with Crippen molar-refractivity contribution in [3.63, 3.8) is 0 Å². The lowest BCUT2D eigenvalue weighted by molar-refractivity contribution is 0.186. The number of hydrogen-bond acceptors (Lipinski definition) is 4. The SMILES string of the molecule is CCNC(=NCC(O)c1ccccc1Cl)N1CCN(c2ccccn2)CC1. The van der Waals surface area contributed by atoms with Crippen molar-refractivity contribution in [2.24, 2.45) is 4.99 Å². The summed E-state index contributed by atoms with van der Waals surface area (Å²) in [7, 11) is 0. The fourth-order valence-electron chi connectivity index (χ4n) is 3.13. The number of anilines is 1. The minimum Gasteiger partial charge on any atom is -0.386 e. The number of aliphatic hydroxyl groups is 1. The van der Waals surface area contributed by atoms with Gasteiger partial charge in [0.25, 0.3) is 0 Å². The minimum atomic E-state index is -0.720. The Bertz CT molecular complexity index is 747. The number of guanidine groups is 1. The molecule has 0 radical (unpaired) electrons. The third-order valence-electron chi connectivity index (χ3n) is 4.57. The number of hydrogen-bond donors (Lipinski definition) is 2. The largest absolute Gasteiger partial charge is 0.386 e. The second kappa shape index (κ2) is 9.58. The van der Waals surface area contributed by atoms with Crippen LogP contribution >= 0.6 is 11.6 Å². The van der Waals surface area contributed by atoms with Crippen LogP contribution in [-0.4, -0.2) is 60.2 Å². The zero-order valence-electron chi connectivity index (χ0n) is 15.6. The highest BCUT2D eigenvalue weighted by Crippen LogP contribution is 2.22. The summed E-state index contributed by atoms with van der Waals surface area (Å²) in [6.07, 6.45) is 1.10. The zero-order valence-corrected chi connectivity index (χ0v) is 16.3. The van der Waals surface area contributed by atoms with Gasteiger partial charge in [-0.2, -0.15) is 0 Å². The molecule has 2 aromatic rings. The van der Waals surface area contributed by atoms with E-state index < -0.39 is 6.10 Å². The van der Waals surface area contributed by atoms with Gasteiger partial charge in [-0.25, -0.2) is 4.98 Å². The molecule has 1 saturated heterocycles. The lowest BCUT2D eigenvalue weighted by atomic mass is 10.1. The average Bonchev–Trinajstić information content (AvgIpc) is 2.72. The zero-order chi connectivity index (χ0) is 19.1. The van der Waals surface area contributed by atoms with Gasteiger partial charge in [-0.05, 0) is 25.1 Å². The first-order chi connectivity index (χ1) is 13.2. The van der Waals surface area contributed by atoms with Gasteiger partial charge in [0, 0.05) is 49.5 Å². The highest BCUT2D eigenvalue weighted by Gasteiger charge is 2.21. The molecule has 0 bridgehead atoms. The van der Waals surface area contributed by atoms with Crippen LogP contribution in [0.3, 0.4) is 0 Å². The molecule has 0 spiro atoms. The van der Waals surface area contributed by atoms with E-state index >= 15 is 0 Å². The molecule has 3 rings (SSSR count). The lowest BCUT2D eigenvalue weighted by Gasteiger charge is -2.37. The fourth-order valence-corrected chi connectivity index (χ4v) is 3.39. The molecule has 1 aliphatic rings. The van der Waals surface area contributed by atoms with E-state index in [0.717, 1.165) is 44.5 Å². The molecule has 0 amide bonds. The Balaban J connectivity index is 1.62. The van der Waals surface area contributed by atoms with Crippen LogP contribution in [0.15, 0.2) is 53.7 Å². The van der Waals surface area contributed by atoms with Gasteiger partial charge in [0.15, 0.2) is 5.96 Å². The fraction of sp³-hybridized carbons (Fsp3) is 0.400. The van der Waals surface area contributed by atoms with Crippen molar-refractivity contribution in [3.05, 3.63) is 59.2 Å². The van der Waals surface area contributed by atoms with Gasteiger partial charge in [0.1, 0.15) is 11.9 Å². The number of benzene rings is 1. The predicted octanol–water partition coefficient (Wildman–Crippen LogP) is 2.56. The van der Waals surface area contributed by atoms with E-state index in [-0.39, 0.29) is 6.54 Å². The molecule has 1 aliphatic heterocycles. The Morgan fingerprint density at radius 2 is 1.93 bits per heavy atom. The van der Waals surface area contributed by atoms with E-state index in [1.54, 1.807) is 6.07 Å². The maximum Gasteiger partial charge on any atom is 0.194 e. The lowest BCUT2D eigenvalue weighted by Crippen LogP contribution is -2.52. The van der Waals surface area contributed by atoms with E-state index in [0.29, 0.717) is 10.6 Å². The molecule has 1 unspecified atom stereocenters. The summed E-state index contributed by atoms with van der Waals surface area (Å²) in [6.45, 7) is 6.57. The molecule has 1 atom stereocenters. The first-order valence-electron chi connectivity index (χ1n) is 9.30. The Morgan fingerprint density at radius 3 is 2.59 bits per heavy atom. The van der Waals surface area contributed by atoms with Gasteiger partial charge in [-0.3, -0.25) is 4.99 Å². The van der Waals surface area contributed by atoms with Crippen LogP contribution < -0.4 is 10.2 Å². The van der Waals surface area contributed by atoms with Crippen LogP contribution in [0.2, 0.25) is 5.02 Å². The van der Waals surface area contributed by atoms with Crippen molar-refractivity contribution < 1.29 is 5.11 Å². The molecular weight excluding hydrogens is 362 g/mol. The second-order valence-electron chi connectivity index (χ2n) is 6.39. The van der Waals surface area contributed by atoms with Gasteiger partial charge in [0.2, 0.25) is 0 Å². The normalized spacial score (nSPS) is 16.3. The molecular formula is C20H26ClN5O. The predicted molar refractivity (Wildman–Crippen MR) is 110 cm³/mol. The van der Waals surface area contributed by atoms with E-state index in [2.05, 4.69) is 25.1 Å². The number of piperazine rings is 1. The summed E-state index contributed by atoms with van der Waals surface area (Å²) in [4.78, 5) is 13.6. The number of halogens is 1. The Hall–Kier alpha value is -2.31. The number of aliphatic hydroxyl groups excluding tert-OH is 1. The number of aliphatic imine (C=N–C) groups is 1. The quantitative estimate of drug-likeness (QED) is 0.609. The number of nitrogens with zero attached hydrogens (tertiary/aromatic N) is 4. The number of nitrogens with one attached hydrogen (secondary N) is 1. The van der Waals surface area contributed by atoms with Gasteiger partial charge in [-0.1, -0.05) is 35.9 Å². The standard InChI is InChI=1S/C20H26ClN5O/c1-2-22-20(24-15-18(27)16-7-3-4-8-17(16)21)26-13-11-25(12-14-26)19-9-5-6-10-23-19/h3-10,18,27H,2,11-15H2,1H3,(H,22,24). The van der Waals surface area contributed by atoms with Crippen molar-refractivity contribution in [1.29, 1.82) is 0 Å². The molecule has 1 fully saturated rings. The van der Waals surface area contributed by atoms with Gasteiger partial charge in [0.05, 0.1) is 6.54 Å². The van der Waals surface area contributed by atoms with Gasteiger partial charge in [-0.15, -0.1) is 0 Å². The van der Waals surface area contributed by atoms with Crippen LogP contribution in [0, 0.1) is 0 Å². The summed E-state index contributed by atoms with van der Waals surface area (Å²) < 4.78 is 0. The summed E-state index contributed by atoms with van der Waals surface area (Å²) >= 11 is 6.17. The molecule has 2 heterocycles. The summed E-state index contributed by atoms with van der Waals surface area (Å²) in [6, 6.07) is 13.3. The Morgan fingerprint density at radius 1 is 1.19 bits per heavy atom. The van der Waals surface area contributed by atoms with E-state index in [9.17, 15) is 5.11 Å². The molecule has 27 heavy (non-hydrogen) atoms. The highest BCUT2D eigenvalue weighted by molar-refractivity contribution is 6.31. The molecule has 0 saturated carbocycles. The van der Waals surface area contributed by atoms with Crippen LogP contribution in [0.5, 0.6) is 0 Å². The van der Waals surface area contributed by atoms with Gasteiger partial charge < -0.3 is 20.2 Å². The summed E-state index contributed by atoms with van der Waals surface area (Å²) in [5.41, 5.74) is 0.707. The van der Waals surface area contributed by atoms with Crippen molar-refractivity contribution in [2.75, 3.05) is 44.2 Å². The Labute approximate surface area is 165 Å². The highest BCUT2D eigenvalue weighted by atomic mass is 35.5. The van der Waals surface area contributed by atoms with Gasteiger partial charge >= 0.3 is 0 Å². The van der Waals surface area contributed by atoms with Crippen LogP contribution in [0.1, 0.15) is 18.6 Å². The minimum absolute atomic E-state index is 0.270. The molecule has 0 aliphatic carbocycles. The Kier molecular flexibility index (Phi) is 6.90. The number of rotatable bonds is 5. The number of pyridine rings is 1. The van der Waals surface area contributed by atoms with E-state index in [1.807, 2.05) is 49.5 Å². The molecule has 2 N–H and O–H groups in total. The summed E-state index contributed by atoms with van der Waals surface area (Å²) in [5.74, 6) is 1.83. The van der Waals surface area contributed by atoms with Crippen molar-refractivity contribution in [1.82, 2.24) is 15.2 Å². The molecule has 7 heteroatoms. The smallest absolute Gasteiger partial charge is 0.194 e. The van der Waals surface area contributed by atoms with Crippen molar-refractivity contribution in [3.8, 4) is 0 Å². The second-order valence-corrected chi connectivity index (χ2v) is 6.80. The van der Waals surface area contributed by atoms with Crippen LogP contribution in [0.25, 0.3) is 0 Å². The first-order valence-corrected chi connectivity index (χ1v) is 9.68. The van der Waals surface area contributed by atoms with Crippen molar-refractivity contribution in [2.45, 2.75) is 13.0 Å². The van der Waals surface area contributed by atoms with E-state index in [1.165, 1.54) is 0 Å². The maximum atomic E-state index is 10.5. The van der Waals surface area contributed by atoms with Crippen LogP contribution in [-0.2, 0) is 0 Å². The summed E-state index contributed by atoms with van der Waals surface area (Å²) in [5, 5.41) is 14.3. The average molecular weight is 388 g/mol. The first kappa shape index (κ1) is 19.5. The molecule has 6 nitrogen and oxygen atoms in total. The number of aromatic nitrogens is 1. The monoisotopic (exact) mass is 387 g/mol. The third-order valence-corrected chi connectivity index (χ3v) is 4.91. The maximum absolute atomic E-state index is 10.5. The molecule has 1 aromatic heterocycles. The van der Waals surface area contributed by atoms with E-state index in [4.69, 9.17) is 11.6 Å². The topological polar surface area (TPSA) is 64.0 Å². The molecule has 144 valence electrons. The third kappa shape index (κ3) is 5.11. The van der Waals surface area contributed by atoms with Crippen molar-refractivity contribution >= 4 is 23.4 Å². The molecule has 1 aromatic carbocycles.